The molecule has 0 unspecified atom stereocenters. The number of hydrogen-bond donors (Lipinski definition) is 1. The quantitative estimate of drug-likeness (QED) is 0.929. The molecule has 1 aliphatic heterocycles. The van der Waals surface area contributed by atoms with Crippen LogP contribution in [0.1, 0.15) is 57.3 Å². The highest BCUT2D eigenvalue weighted by molar-refractivity contribution is 5.77. The van der Waals surface area contributed by atoms with Gasteiger partial charge in [-0.1, -0.05) is 20.8 Å². The largest absolute Gasteiger partial charge is 0.342 e. The normalized spacial score (nSPS) is 18.4. The maximum atomic E-state index is 12.6. The lowest BCUT2D eigenvalue weighted by Gasteiger charge is -2.34. The zero-order valence-electron chi connectivity index (χ0n) is 15.5. The first kappa shape index (κ1) is 17.6. The van der Waals surface area contributed by atoms with E-state index in [1.807, 2.05) is 11.8 Å². The molecule has 3 heterocycles. The predicted molar refractivity (Wildman–Crippen MR) is 97.0 cm³/mol. The van der Waals surface area contributed by atoms with Crippen LogP contribution in [0.3, 0.4) is 0 Å². The predicted octanol–water partition coefficient (Wildman–Crippen LogP) is 3.32. The van der Waals surface area contributed by atoms with E-state index in [1.54, 1.807) is 18.6 Å². The molecule has 2 aromatic heterocycles. The van der Waals surface area contributed by atoms with E-state index in [-0.39, 0.29) is 17.2 Å². The van der Waals surface area contributed by atoms with Gasteiger partial charge in [0.2, 0.25) is 5.91 Å². The summed E-state index contributed by atoms with van der Waals surface area (Å²) in [7, 11) is 0. The molecule has 1 N–H and O–H groups in total. The highest BCUT2D eigenvalue weighted by Crippen LogP contribution is 2.31. The second-order valence-electron chi connectivity index (χ2n) is 8.12. The lowest BCUT2D eigenvalue weighted by Crippen LogP contribution is -2.40. The molecule has 0 radical (unpaired) electrons. The van der Waals surface area contributed by atoms with E-state index in [1.165, 1.54) is 0 Å². The van der Waals surface area contributed by atoms with Crippen molar-refractivity contribution in [2.75, 3.05) is 13.1 Å². The molecule has 1 atom stereocenters. The van der Waals surface area contributed by atoms with Crippen LogP contribution < -0.4 is 0 Å². The molecule has 6 heteroatoms. The van der Waals surface area contributed by atoms with Crippen LogP contribution in [-0.2, 0) is 4.79 Å². The molecule has 0 spiro atoms. The fraction of sp³-hybridized carbons (Fsp3) is 0.579. The van der Waals surface area contributed by atoms with Crippen LogP contribution >= 0.6 is 0 Å². The molecule has 3 rings (SSSR count). The van der Waals surface area contributed by atoms with E-state index in [9.17, 15) is 4.79 Å². The molecule has 1 amide bonds. The second-order valence-corrected chi connectivity index (χ2v) is 8.12. The van der Waals surface area contributed by atoms with E-state index in [4.69, 9.17) is 0 Å². The van der Waals surface area contributed by atoms with E-state index in [0.29, 0.717) is 13.0 Å². The highest BCUT2D eigenvalue weighted by atomic mass is 16.2. The van der Waals surface area contributed by atoms with E-state index in [0.717, 1.165) is 42.3 Å². The number of rotatable bonds is 3. The van der Waals surface area contributed by atoms with Crippen molar-refractivity contribution in [3.63, 3.8) is 0 Å². The molecule has 0 aliphatic carbocycles. The molecule has 0 saturated carbocycles. The summed E-state index contributed by atoms with van der Waals surface area (Å²) >= 11 is 0. The Hall–Kier alpha value is -2.24. The molecule has 1 saturated heterocycles. The summed E-state index contributed by atoms with van der Waals surface area (Å²) in [4.78, 5) is 31.4. The number of aryl methyl sites for hydroxylation is 1. The molecule has 1 fully saturated rings. The van der Waals surface area contributed by atoms with Gasteiger partial charge in [-0.25, -0.2) is 9.97 Å². The van der Waals surface area contributed by atoms with E-state index in [2.05, 4.69) is 40.7 Å². The molecule has 6 nitrogen and oxygen atoms in total. The Balaban J connectivity index is 1.82. The number of aromatic nitrogens is 4. The second kappa shape index (κ2) is 6.94. The van der Waals surface area contributed by atoms with Crippen LogP contribution in [0.4, 0.5) is 0 Å². The Morgan fingerprint density at radius 3 is 2.72 bits per heavy atom. The summed E-state index contributed by atoms with van der Waals surface area (Å²) in [5.41, 5.74) is 2.74. The van der Waals surface area contributed by atoms with Crippen molar-refractivity contribution in [3.05, 3.63) is 30.0 Å². The fourth-order valence-corrected chi connectivity index (χ4v) is 3.36. The summed E-state index contributed by atoms with van der Waals surface area (Å²) < 4.78 is 0. The van der Waals surface area contributed by atoms with Crippen molar-refractivity contribution in [2.45, 2.75) is 52.9 Å². The minimum Gasteiger partial charge on any atom is -0.342 e. The number of H-pyrrole nitrogens is 1. The molecule has 0 bridgehead atoms. The van der Waals surface area contributed by atoms with Crippen molar-refractivity contribution in [1.29, 1.82) is 0 Å². The summed E-state index contributed by atoms with van der Waals surface area (Å²) in [6.07, 6.45) is 7.81. The van der Waals surface area contributed by atoms with Crippen LogP contribution in [0.15, 0.2) is 18.6 Å². The number of nitrogens with one attached hydrogen (secondary N) is 1. The third-order valence-corrected chi connectivity index (χ3v) is 4.50. The number of piperidine rings is 1. The number of hydrogen-bond acceptors (Lipinski definition) is 4. The van der Waals surface area contributed by atoms with E-state index >= 15 is 0 Å². The van der Waals surface area contributed by atoms with Crippen molar-refractivity contribution >= 4 is 5.91 Å². The SMILES string of the molecule is Cc1cnc(-c2nccnc2[C@@H]2CCCN(C(=O)CC(C)(C)C)C2)[nH]1. The number of carbonyl (C=O) groups is 1. The fourth-order valence-electron chi connectivity index (χ4n) is 3.36. The molecule has 2 aromatic rings. The van der Waals surface area contributed by atoms with Gasteiger partial charge in [-0.15, -0.1) is 0 Å². The van der Waals surface area contributed by atoms with Gasteiger partial charge in [0.25, 0.3) is 0 Å². The van der Waals surface area contributed by atoms with Gasteiger partial charge in [-0.2, -0.15) is 0 Å². The third-order valence-electron chi connectivity index (χ3n) is 4.50. The summed E-state index contributed by atoms with van der Waals surface area (Å²) in [5, 5.41) is 0. The number of aromatic amines is 1. The number of amides is 1. The summed E-state index contributed by atoms with van der Waals surface area (Å²) in [5.74, 6) is 1.18. The first-order chi connectivity index (χ1) is 11.8. The van der Waals surface area contributed by atoms with Gasteiger partial charge in [0.15, 0.2) is 5.82 Å². The first-order valence-electron chi connectivity index (χ1n) is 8.94. The Kier molecular flexibility index (Phi) is 4.88. The van der Waals surface area contributed by atoms with Crippen LogP contribution in [0.2, 0.25) is 0 Å². The Morgan fingerprint density at radius 1 is 1.28 bits per heavy atom. The third kappa shape index (κ3) is 4.24. The maximum Gasteiger partial charge on any atom is 0.223 e. The lowest BCUT2D eigenvalue weighted by atomic mass is 9.89. The number of carbonyl (C=O) groups excluding carboxylic acids is 1. The highest BCUT2D eigenvalue weighted by Gasteiger charge is 2.30. The van der Waals surface area contributed by atoms with Gasteiger partial charge in [0.1, 0.15) is 5.69 Å². The van der Waals surface area contributed by atoms with Crippen LogP contribution in [0.5, 0.6) is 0 Å². The minimum absolute atomic E-state index is 0.00738. The smallest absolute Gasteiger partial charge is 0.223 e. The van der Waals surface area contributed by atoms with Gasteiger partial charge in [-0.3, -0.25) is 9.78 Å². The average molecular weight is 341 g/mol. The van der Waals surface area contributed by atoms with Gasteiger partial charge in [0.05, 0.1) is 5.69 Å². The lowest BCUT2D eigenvalue weighted by molar-refractivity contribution is -0.134. The zero-order valence-corrected chi connectivity index (χ0v) is 15.5. The topological polar surface area (TPSA) is 74.8 Å². The number of likely N-dealkylation sites (tertiary alicyclic amines) is 1. The molecule has 0 aromatic carbocycles. The Labute approximate surface area is 149 Å². The molecular formula is C19H27N5O. The molecule has 1 aliphatic rings. The van der Waals surface area contributed by atoms with Crippen LogP contribution in [0.25, 0.3) is 11.5 Å². The van der Waals surface area contributed by atoms with Crippen LogP contribution in [0, 0.1) is 12.3 Å². The monoisotopic (exact) mass is 341 g/mol. The van der Waals surface area contributed by atoms with Crippen molar-refractivity contribution in [1.82, 2.24) is 24.8 Å². The van der Waals surface area contributed by atoms with Crippen molar-refractivity contribution < 1.29 is 4.79 Å². The molecule has 25 heavy (non-hydrogen) atoms. The number of imidazole rings is 1. The van der Waals surface area contributed by atoms with E-state index < -0.39 is 0 Å². The Morgan fingerprint density at radius 2 is 2.04 bits per heavy atom. The molecular weight excluding hydrogens is 314 g/mol. The minimum atomic E-state index is 0.00738. The average Bonchev–Trinajstić information content (AvgIpc) is 3.00. The van der Waals surface area contributed by atoms with Crippen LogP contribution in [-0.4, -0.2) is 43.8 Å². The van der Waals surface area contributed by atoms with Gasteiger partial charge in [0, 0.05) is 49.7 Å². The summed E-state index contributed by atoms with van der Waals surface area (Å²) in [6, 6.07) is 0. The standard InChI is InChI=1S/C19H27N5O/c1-13-11-22-18(23-13)17-16(20-7-8-21-17)14-6-5-9-24(12-14)15(25)10-19(2,3)4/h7-8,11,14H,5-6,9-10,12H2,1-4H3,(H,22,23)/t14-/m1/s1. The van der Waals surface area contributed by atoms with Crippen molar-refractivity contribution in [3.8, 4) is 11.5 Å². The van der Waals surface area contributed by atoms with Gasteiger partial charge < -0.3 is 9.88 Å². The molecule has 134 valence electrons. The Bertz CT molecular complexity index is 746. The first-order valence-corrected chi connectivity index (χ1v) is 8.94. The summed E-state index contributed by atoms with van der Waals surface area (Å²) in [6.45, 7) is 9.83. The maximum absolute atomic E-state index is 12.6. The van der Waals surface area contributed by atoms with Crippen molar-refractivity contribution in [2.24, 2.45) is 5.41 Å². The zero-order chi connectivity index (χ0) is 18.0. The van der Waals surface area contributed by atoms with Gasteiger partial charge in [-0.05, 0) is 25.2 Å². The van der Waals surface area contributed by atoms with Gasteiger partial charge >= 0.3 is 0 Å². The number of nitrogens with zero attached hydrogens (tertiary/aromatic N) is 4.